The number of carbonyl (C=O) groups is 1. The smallest absolute Gasteiger partial charge is 0.234 e. The summed E-state index contributed by atoms with van der Waals surface area (Å²) < 4.78 is -0.944. The minimum atomic E-state index is -0.944. The molecule has 0 spiro atoms. The molecule has 0 aromatic carbocycles. The van der Waals surface area contributed by atoms with Crippen LogP contribution >= 0.6 is 23.2 Å². The van der Waals surface area contributed by atoms with Gasteiger partial charge in [-0.3, -0.25) is 4.79 Å². The molecule has 0 bridgehead atoms. The summed E-state index contributed by atoms with van der Waals surface area (Å²) in [5, 5.41) is 2.72. The lowest BCUT2D eigenvalue weighted by atomic mass is 10.1. The van der Waals surface area contributed by atoms with Crippen LogP contribution in [0.25, 0.3) is 0 Å². The van der Waals surface area contributed by atoms with E-state index in [9.17, 15) is 4.79 Å². The van der Waals surface area contributed by atoms with E-state index in [1.165, 1.54) is 0 Å². The van der Waals surface area contributed by atoms with Crippen LogP contribution in [-0.4, -0.2) is 15.2 Å². The van der Waals surface area contributed by atoms with Crippen molar-refractivity contribution in [1.82, 2.24) is 4.98 Å². The van der Waals surface area contributed by atoms with E-state index in [4.69, 9.17) is 23.2 Å². The second-order valence-electron chi connectivity index (χ2n) is 4.39. The molecule has 1 heterocycles. The number of nitrogens with zero attached hydrogens (tertiary/aromatic N) is 1. The predicted molar refractivity (Wildman–Crippen MR) is 64.8 cm³/mol. The van der Waals surface area contributed by atoms with Crippen molar-refractivity contribution in [3.05, 3.63) is 23.9 Å². The van der Waals surface area contributed by atoms with Crippen molar-refractivity contribution < 1.29 is 4.79 Å². The first kappa shape index (κ1) is 11.7. The first-order chi connectivity index (χ1) is 7.35. The third kappa shape index (κ3) is 1.89. The predicted octanol–water partition coefficient (Wildman–Crippen LogP) is 2.91. The summed E-state index contributed by atoms with van der Waals surface area (Å²) in [4.78, 5) is 16.0. The molecule has 0 unspecified atom stereocenters. The van der Waals surface area contributed by atoms with Crippen LogP contribution in [0.3, 0.4) is 0 Å². The van der Waals surface area contributed by atoms with Gasteiger partial charge < -0.3 is 5.32 Å². The maximum atomic E-state index is 11.9. The van der Waals surface area contributed by atoms with Crippen molar-refractivity contribution in [2.75, 3.05) is 5.32 Å². The molecular formula is C11H12Cl2N2O. The fraction of sp³-hybridized carbons (Fsp3) is 0.455. The van der Waals surface area contributed by atoms with Crippen molar-refractivity contribution >= 4 is 34.9 Å². The highest BCUT2D eigenvalue weighted by atomic mass is 35.5. The number of rotatable bonds is 2. The number of alkyl halides is 2. The largest absolute Gasteiger partial charge is 0.310 e. The minimum absolute atomic E-state index is 0.185. The van der Waals surface area contributed by atoms with Crippen molar-refractivity contribution in [3.8, 4) is 0 Å². The standard InChI is InChI=1S/C11H12Cl2N2O/c1-7-3-4-14-8(5-7)15-9(16)10(2)6-11(10,12)13/h3-5H,6H2,1-2H3,(H,14,15,16)/t10-/m0/s1. The number of aromatic nitrogens is 1. The fourth-order valence-corrected chi connectivity index (χ4v) is 2.21. The zero-order chi connectivity index (χ0) is 12.0. The van der Waals surface area contributed by atoms with Crippen LogP contribution in [0.2, 0.25) is 0 Å². The Balaban J connectivity index is 2.10. The molecule has 3 nitrogen and oxygen atoms in total. The second-order valence-corrected chi connectivity index (χ2v) is 5.87. The molecule has 16 heavy (non-hydrogen) atoms. The van der Waals surface area contributed by atoms with Gasteiger partial charge in [0.25, 0.3) is 0 Å². The zero-order valence-electron chi connectivity index (χ0n) is 9.05. The van der Waals surface area contributed by atoms with Crippen LogP contribution < -0.4 is 5.32 Å². The number of carbonyl (C=O) groups excluding carboxylic acids is 1. The van der Waals surface area contributed by atoms with E-state index in [0.717, 1.165) is 5.56 Å². The number of halogens is 2. The first-order valence-electron chi connectivity index (χ1n) is 4.97. The summed E-state index contributed by atoms with van der Waals surface area (Å²) >= 11 is 11.8. The molecule has 0 saturated heterocycles. The summed E-state index contributed by atoms with van der Waals surface area (Å²) in [6.45, 7) is 3.68. The number of anilines is 1. The molecule has 0 aliphatic heterocycles. The summed E-state index contributed by atoms with van der Waals surface area (Å²) in [6.07, 6.45) is 2.12. The third-order valence-electron chi connectivity index (χ3n) is 2.92. The molecule has 1 saturated carbocycles. The summed E-state index contributed by atoms with van der Waals surface area (Å²) in [7, 11) is 0. The number of pyridine rings is 1. The number of amides is 1. The van der Waals surface area contributed by atoms with Crippen LogP contribution in [0.1, 0.15) is 18.9 Å². The van der Waals surface area contributed by atoms with Crippen LogP contribution in [0.4, 0.5) is 5.82 Å². The Hall–Kier alpha value is -0.800. The van der Waals surface area contributed by atoms with Gasteiger partial charge in [0.15, 0.2) is 0 Å². The number of hydrogen-bond donors (Lipinski definition) is 1. The van der Waals surface area contributed by atoms with Gasteiger partial charge in [-0.15, -0.1) is 23.2 Å². The molecule has 1 aliphatic carbocycles. The van der Waals surface area contributed by atoms with E-state index in [1.54, 1.807) is 19.2 Å². The van der Waals surface area contributed by atoms with Crippen LogP contribution in [-0.2, 0) is 4.79 Å². The van der Waals surface area contributed by atoms with Gasteiger partial charge >= 0.3 is 0 Å². The topological polar surface area (TPSA) is 42.0 Å². The average Bonchev–Trinajstić information content (AvgIpc) is 2.67. The van der Waals surface area contributed by atoms with Crippen molar-refractivity contribution in [2.45, 2.75) is 24.6 Å². The summed E-state index contributed by atoms with van der Waals surface area (Å²) in [5.41, 5.74) is 0.330. The van der Waals surface area contributed by atoms with Crippen LogP contribution in [0.15, 0.2) is 18.3 Å². The maximum Gasteiger partial charge on any atom is 0.234 e. The molecular weight excluding hydrogens is 247 g/mol. The van der Waals surface area contributed by atoms with Crippen molar-refractivity contribution in [1.29, 1.82) is 0 Å². The highest BCUT2D eigenvalue weighted by molar-refractivity contribution is 6.53. The molecule has 86 valence electrons. The van der Waals surface area contributed by atoms with Gasteiger partial charge in [0, 0.05) is 6.20 Å². The van der Waals surface area contributed by atoms with E-state index in [0.29, 0.717) is 12.2 Å². The highest BCUT2D eigenvalue weighted by Crippen LogP contribution is 2.64. The lowest BCUT2D eigenvalue weighted by molar-refractivity contribution is -0.120. The molecule has 2 rings (SSSR count). The van der Waals surface area contributed by atoms with E-state index in [2.05, 4.69) is 10.3 Å². The lowest BCUT2D eigenvalue weighted by Crippen LogP contribution is -2.26. The molecule has 1 aliphatic rings. The second kappa shape index (κ2) is 3.60. The van der Waals surface area contributed by atoms with Gasteiger partial charge in [-0.2, -0.15) is 0 Å². The van der Waals surface area contributed by atoms with Gasteiger partial charge in [-0.1, -0.05) is 0 Å². The zero-order valence-corrected chi connectivity index (χ0v) is 10.6. The SMILES string of the molecule is Cc1ccnc(NC(=O)[C@]2(C)CC2(Cl)Cl)c1. The highest BCUT2D eigenvalue weighted by Gasteiger charge is 2.67. The molecule has 1 N–H and O–H groups in total. The van der Waals surface area contributed by atoms with Gasteiger partial charge in [-0.05, 0) is 38.0 Å². The molecule has 1 aromatic heterocycles. The Morgan fingerprint density at radius 1 is 1.56 bits per heavy atom. The number of nitrogens with one attached hydrogen (secondary N) is 1. The fourth-order valence-electron chi connectivity index (χ4n) is 1.51. The monoisotopic (exact) mass is 258 g/mol. The normalized spacial score (nSPS) is 26.2. The van der Waals surface area contributed by atoms with Gasteiger partial charge in [0.2, 0.25) is 5.91 Å². The maximum absolute atomic E-state index is 11.9. The summed E-state index contributed by atoms with van der Waals surface area (Å²) in [5.74, 6) is 0.345. The van der Waals surface area contributed by atoms with Gasteiger partial charge in [0.1, 0.15) is 10.2 Å². The molecule has 5 heteroatoms. The molecule has 1 atom stereocenters. The third-order valence-corrected chi connectivity index (χ3v) is 4.02. The Kier molecular flexibility index (Phi) is 2.63. The molecule has 1 aromatic rings. The quantitative estimate of drug-likeness (QED) is 0.830. The van der Waals surface area contributed by atoms with Crippen molar-refractivity contribution in [2.24, 2.45) is 5.41 Å². The van der Waals surface area contributed by atoms with E-state index in [1.807, 2.05) is 13.0 Å². The van der Waals surface area contributed by atoms with Crippen molar-refractivity contribution in [3.63, 3.8) is 0 Å². The lowest BCUT2D eigenvalue weighted by Gasteiger charge is -2.12. The minimum Gasteiger partial charge on any atom is -0.310 e. The van der Waals surface area contributed by atoms with E-state index < -0.39 is 9.75 Å². The Morgan fingerprint density at radius 3 is 2.69 bits per heavy atom. The number of aryl methyl sites for hydroxylation is 1. The van der Waals surface area contributed by atoms with Gasteiger partial charge in [0.05, 0.1) is 5.41 Å². The molecule has 1 fully saturated rings. The van der Waals surface area contributed by atoms with Crippen LogP contribution in [0, 0.1) is 12.3 Å². The Bertz CT molecular complexity index is 447. The van der Waals surface area contributed by atoms with Crippen LogP contribution in [0.5, 0.6) is 0 Å². The number of hydrogen-bond acceptors (Lipinski definition) is 2. The Morgan fingerprint density at radius 2 is 2.19 bits per heavy atom. The first-order valence-corrected chi connectivity index (χ1v) is 5.73. The van der Waals surface area contributed by atoms with Gasteiger partial charge in [-0.25, -0.2) is 4.98 Å². The molecule has 0 radical (unpaired) electrons. The average molecular weight is 259 g/mol. The van der Waals surface area contributed by atoms with E-state index >= 15 is 0 Å². The van der Waals surface area contributed by atoms with E-state index in [-0.39, 0.29) is 5.91 Å². The Labute approximate surface area is 104 Å². The molecule has 1 amide bonds. The summed E-state index contributed by atoms with van der Waals surface area (Å²) in [6, 6.07) is 3.66.